The fraction of sp³-hybridized carbons (Fsp3) is 0.269. The summed E-state index contributed by atoms with van der Waals surface area (Å²) in [6.07, 6.45) is 4.59. The smallest absolute Gasteiger partial charge is 0.264 e. The number of nitrogens with zero attached hydrogens (tertiary/aromatic N) is 3. The lowest BCUT2D eigenvalue weighted by atomic mass is 10.0. The summed E-state index contributed by atoms with van der Waals surface area (Å²) in [4.78, 5) is 29.0. The Balaban J connectivity index is 1.71. The molecule has 2 aromatic heterocycles. The molecule has 0 spiro atoms. The highest BCUT2D eigenvalue weighted by atomic mass is 16.5. The Labute approximate surface area is 196 Å². The van der Waals surface area contributed by atoms with Crippen LogP contribution in [0.2, 0.25) is 0 Å². The molecule has 5 rings (SSSR count). The summed E-state index contributed by atoms with van der Waals surface area (Å²) in [5.41, 5.74) is 0.909. The van der Waals surface area contributed by atoms with Gasteiger partial charge in [0.1, 0.15) is 0 Å². The van der Waals surface area contributed by atoms with Gasteiger partial charge in [-0.15, -0.1) is 0 Å². The molecule has 8 nitrogen and oxygen atoms in total. The highest BCUT2D eigenvalue weighted by Crippen LogP contribution is 2.33. The van der Waals surface area contributed by atoms with Gasteiger partial charge in [0.15, 0.2) is 23.1 Å². The number of carbonyl (C=O) groups is 1. The summed E-state index contributed by atoms with van der Waals surface area (Å²) in [6, 6.07) is 14.5. The Bertz CT molecular complexity index is 1400. The number of fused-ring (bicyclic) bond motifs is 1. The molecule has 0 aliphatic carbocycles. The zero-order valence-electron chi connectivity index (χ0n) is 19.1. The second-order valence-corrected chi connectivity index (χ2v) is 8.24. The third-order valence-electron chi connectivity index (χ3n) is 6.20. The molecule has 0 radical (unpaired) electrons. The quantitative estimate of drug-likeness (QED) is 0.443. The van der Waals surface area contributed by atoms with E-state index in [1.807, 2.05) is 35.2 Å². The molecule has 1 amide bonds. The number of aromatic nitrogens is 2. The number of pyridine rings is 1. The second-order valence-electron chi connectivity index (χ2n) is 8.24. The van der Waals surface area contributed by atoms with Crippen molar-refractivity contribution in [1.29, 1.82) is 0 Å². The molecule has 1 fully saturated rings. The van der Waals surface area contributed by atoms with Crippen LogP contribution < -0.4 is 15.0 Å². The van der Waals surface area contributed by atoms with Gasteiger partial charge in [-0.25, -0.2) is 0 Å². The molecule has 8 heteroatoms. The molecule has 0 atom stereocenters. The maximum atomic E-state index is 13.6. The molecule has 1 aliphatic heterocycles. The van der Waals surface area contributed by atoms with E-state index in [4.69, 9.17) is 14.0 Å². The van der Waals surface area contributed by atoms with Crippen molar-refractivity contribution in [2.24, 2.45) is 0 Å². The summed E-state index contributed by atoms with van der Waals surface area (Å²) in [5, 5.41) is 4.98. The molecule has 0 unspecified atom stereocenters. The van der Waals surface area contributed by atoms with Crippen molar-refractivity contribution in [3.63, 3.8) is 0 Å². The van der Waals surface area contributed by atoms with E-state index in [0.29, 0.717) is 52.5 Å². The van der Waals surface area contributed by atoms with Crippen LogP contribution in [0.1, 0.15) is 29.6 Å². The number of likely N-dealkylation sites (tertiary alicyclic amines) is 1. The van der Waals surface area contributed by atoms with Crippen molar-refractivity contribution < 1.29 is 18.8 Å². The van der Waals surface area contributed by atoms with Crippen LogP contribution in [-0.4, -0.2) is 47.8 Å². The lowest BCUT2D eigenvalue weighted by Gasteiger charge is -2.27. The largest absolute Gasteiger partial charge is 0.493 e. The van der Waals surface area contributed by atoms with E-state index >= 15 is 0 Å². The van der Waals surface area contributed by atoms with E-state index < -0.39 is 0 Å². The van der Waals surface area contributed by atoms with Gasteiger partial charge in [-0.05, 0) is 31.4 Å². The minimum Gasteiger partial charge on any atom is -0.493 e. The van der Waals surface area contributed by atoms with Gasteiger partial charge in [-0.2, -0.15) is 0 Å². The summed E-state index contributed by atoms with van der Waals surface area (Å²) < 4.78 is 17.7. The Morgan fingerprint density at radius 3 is 2.29 bits per heavy atom. The van der Waals surface area contributed by atoms with Crippen LogP contribution in [0, 0.1) is 0 Å². The predicted molar refractivity (Wildman–Crippen MR) is 128 cm³/mol. The van der Waals surface area contributed by atoms with Crippen LogP contribution >= 0.6 is 0 Å². The maximum Gasteiger partial charge on any atom is 0.264 e. The lowest BCUT2D eigenvalue weighted by Crippen LogP contribution is -2.36. The third kappa shape index (κ3) is 3.81. The molecule has 34 heavy (non-hydrogen) atoms. The first kappa shape index (κ1) is 21.8. The lowest BCUT2D eigenvalue weighted by molar-refractivity contribution is 0.0725. The number of carbonyl (C=O) groups excluding carboxylic acids is 1. The fourth-order valence-electron chi connectivity index (χ4n) is 4.39. The van der Waals surface area contributed by atoms with E-state index in [1.165, 1.54) is 18.8 Å². The van der Waals surface area contributed by atoms with Crippen LogP contribution in [0.15, 0.2) is 64.0 Å². The van der Waals surface area contributed by atoms with Gasteiger partial charge >= 0.3 is 0 Å². The van der Waals surface area contributed by atoms with Crippen molar-refractivity contribution in [3.8, 4) is 28.6 Å². The van der Waals surface area contributed by atoms with Crippen molar-refractivity contribution >= 4 is 16.7 Å². The molecule has 0 N–H and O–H groups in total. The molecule has 0 saturated carbocycles. The van der Waals surface area contributed by atoms with Gasteiger partial charge in [-0.3, -0.25) is 14.2 Å². The molecule has 0 bridgehead atoms. The van der Waals surface area contributed by atoms with Gasteiger partial charge in [0.25, 0.3) is 11.5 Å². The molecule has 174 valence electrons. The summed E-state index contributed by atoms with van der Waals surface area (Å²) in [6.45, 7) is 1.38. The van der Waals surface area contributed by atoms with E-state index in [9.17, 15) is 9.59 Å². The van der Waals surface area contributed by atoms with Gasteiger partial charge in [0.05, 0.1) is 25.2 Å². The monoisotopic (exact) mass is 459 g/mol. The number of piperidine rings is 1. The second kappa shape index (κ2) is 9.05. The minimum atomic E-state index is -0.334. The van der Waals surface area contributed by atoms with Gasteiger partial charge < -0.3 is 18.9 Å². The maximum absolute atomic E-state index is 13.6. The van der Waals surface area contributed by atoms with Crippen molar-refractivity contribution in [1.82, 2.24) is 14.6 Å². The number of hydrogen-bond acceptors (Lipinski definition) is 6. The Morgan fingerprint density at radius 1 is 0.941 bits per heavy atom. The van der Waals surface area contributed by atoms with Gasteiger partial charge in [0.2, 0.25) is 0 Å². The molecule has 1 aliphatic rings. The fourth-order valence-corrected chi connectivity index (χ4v) is 4.39. The summed E-state index contributed by atoms with van der Waals surface area (Å²) in [7, 11) is 3.03. The zero-order valence-corrected chi connectivity index (χ0v) is 19.1. The first-order valence-electron chi connectivity index (χ1n) is 11.2. The van der Waals surface area contributed by atoms with Gasteiger partial charge in [0, 0.05) is 36.3 Å². The zero-order chi connectivity index (χ0) is 23.7. The van der Waals surface area contributed by atoms with E-state index in [2.05, 4.69) is 5.16 Å². The first-order valence-corrected chi connectivity index (χ1v) is 11.2. The Hall–Kier alpha value is -4.07. The molecule has 1 saturated heterocycles. The Kier molecular flexibility index (Phi) is 5.79. The van der Waals surface area contributed by atoms with Crippen LogP contribution in [0.25, 0.3) is 27.9 Å². The number of hydrogen-bond donors (Lipinski definition) is 0. The van der Waals surface area contributed by atoms with E-state index in [-0.39, 0.29) is 11.5 Å². The normalized spacial score (nSPS) is 13.8. The van der Waals surface area contributed by atoms with Crippen LogP contribution in [0.4, 0.5) is 0 Å². The van der Waals surface area contributed by atoms with E-state index in [1.54, 1.807) is 24.4 Å². The molecular formula is C26H25N3O5. The topological polar surface area (TPSA) is 86.8 Å². The third-order valence-corrected chi connectivity index (χ3v) is 6.20. The highest BCUT2D eigenvalue weighted by Gasteiger charge is 2.24. The standard InChI is InChI=1S/C26H25N3O5/c1-32-22-13-18-19(14-23(22)33-2)26(31)29(16-20(18)25(30)28-11-7-4-8-12-28)24-15-21(34-27-24)17-9-5-3-6-10-17/h3,5-6,9-10,13-16H,4,7-8,11-12H2,1-2H3. The van der Waals surface area contributed by atoms with Crippen molar-refractivity contribution in [3.05, 3.63) is 70.6 Å². The number of ether oxygens (including phenoxy) is 2. The molecular weight excluding hydrogens is 434 g/mol. The average Bonchev–Trinajstić information content (AvgIpc) is 3.39. The minimum absolute atomic E-state index is 0.127. The number of amides is 1. The number of benzene rings is 2. The average molecular weight is 460 g/mol. The Morgan fingerprint density at radius 2 is 1.62 bits per heavy atom. The SMILES string of the molecule is COc1cc2c(C(=O)N3CCCCC3)cn(-c3cc(-c4ccccc4)on3)c(=O)c2cc1OC. The van der Waals surface area contributed by atoms with Crippen LogP contribution in [0.3, 0.4) is 0 Å². The highest BCUT2D eigenvalue weighted by molar-refractivity contribution is 6.07. The molecule has 2 aromatic carbocycles. The van der Waals surface area contributed by atoms with Gasteiger partial charge in [-0.1, -0.05) is 35.5 Å². The van der Waals surface area contributed by atoms with E-state index in [0.717, 1.165) is 24.8 Å². The van der Waals surface area contributed by atoms with Crippen LogP contribution in [0.5, 0.6) is 11.5 Å². The van der Waals surface area contributed by atoms with Crippen LogP contribution in [-0.2, 0) is 0 Å². The predicted octanol–water partition coefficient (Wildman–Crippen LogP) is 4.29. The number of methoxy groups -OCH3 is 2. The van der Waals surface area contributed by atoms with Crippen molar-refractivity contribution in [2.75, 3.05) is 27.3 Å². The number of rotatable bonds is 5. The molecule has 3 heterocycles. The van der Waals surface area contributed by atoms with Crippen molar-refractivity contribution in [2.45, 2.75) is 19.3 Å². The summed E-state index contributed by atoms with van der Waals surface area (Å²) >= 11 is 0. The molecule has 4 aromatic rings. The summed E-state index contributed by atoms with van der Waals surface area (Å²) in [5.74, 6) is 1.56. The first-order chi connectivity index (χ1) is 16.6.